The van der Waals surface area contributed by atoms with Crippen molar-refractivity contribution < 1.29 is 8.42 Å². The van der Waals surface area contributed by atoms with Gasteiger partial charge in [-0.2, -0.15) is 0 Å². The molecule has 0 radical (unpaired) electrons. The van der Waals surface area contributed by atoms with Crippen molar-refractivity contribution in [3.05, 3.63) is 0 Å². The molecule has 0 aliphatic heterocycles. The second-order valence-electron chi connectivity index (χ2n) is 4.79. The van der Waals surface area contributed by atoms with Gasteiger partial charge < -0.3 is 4.90 Å². The first-order valence-electron chi connectivity index (χ1n) is 5.96. The Kier molecular flexibility index (Phi) is 5.74. The molecule has 96 valence electrons. The van der Waals surface area contributed by atoms with Crippen molar-refractivity contribution in [3.63, 3.8) is 0 Å². The van der Waals surface area contributed by atoms with Crippen LogP contribution in [0.3, 0.4) is 0 Å². The molecule has 0 bridgehead atoms. The second kappa shape index (κ2) is 6.36. The Bertz CT molecular complexity index is 299. The third-order valence-electron chi connectivity index (χ3n) is 3.18. The van der Waals surface area contributed by atoms with E-state index in [4.69, 9.17) is 0 Å². The Morgan fingerprint density at radius 2 is 2.00 bits per heavy atom. The molecule has 0 saturated heterocycles. The minimum absolute atomic E-state index is 0.268. The molecule has 0 aromatic heterocycles. The van der Waals surface area contributed by atoms with Gasteiger partial charge in [0.1, 0.15) is 9.84 Å². The summed E-state index contributed by atoms with van der Waals surface area (Å²) in [4.78, 5) is 2.97. The van der Waals surface area contributed by atoms with Crippen LogP contribution in [0.1, 0.15) is 26.2 Å². The van der Waals surface area contributed by atoms with Gasteiger partial charge in [0.25, 0.3) is 0 Å². The lowest BCUT2D eigenvalue weighted by Gasteiger charge is -2.34. The van der Waals surface area contributed by atoms with E-state index in [-0.39, 0.29) is 5.75 Å². The highest BCUT2D eigenvalue weighted by Crippen LogP contribution is 2.33. The molecule has 0 aromatic rings. The molecule has 1 rings (SSSR count). The van der Waals surface area contributed by atoms with Gasteiger partial charge >= 0.3 is 0 Å². The first-order chi connectivity index (χ1) is 7.43. The highest BCUT2D eigenvalue weighted by atomic mass is 79.9. The zero-order chi connectivity index (χ0) is 12.2. The summed E-state index contributed by atoms with van der Waals surface area (Å²) in [5.74, 6) is 1.40. The van der Waals surface area contributed by atoms with E-state index in [2.05, 4.69) is 27.9 Å². The molecule has 1 aliphatic rings. The molecule has 0 spiro atoms. The van der Waals surface area contributed by atoms with Gasteiger partial charge in [0.15, 0.2) is 0 Å². The van der Waals surface area contributed by atoms with E-state index in [9.17, 15) is 8.42 Å². The average Bonchev–Trinajstić information content (AvgIpc) is 2.15. The van der Waals surface area contributed by atoms with Gasteiger partial charge in [0, 0.05) is 17.1 Å². The normalized spacial score (nSPS) is 25.8. The first-order valence-corrected chi connectivity index (χ1v) is 8.69. The quantitative estimate of drug-likeness (QED) is 0.674. The number of hydrogen-bond acceptors (Lipinski definition) is 3. The lowest BCUT2D eigenvalue weighted by atomic mass is 9.85. The number of alkyl halides is 1. The van der Waals surface area contributed by atoms with E-state index in [1.54, 1.807) is 6.92 Å². The van der Waals surface area contributed by atoms with E-state index >= 15 is 0 Å². The zero-order valence-electron chi connectivity index (χ0n) is 10.2. The van der Waals surface area contributed by atoms with Crippen LogP contribution >= 0.6 is 15.9 Å². The van der Waals surface area contributed by atoms with Gasteiger partial charge in [-0.05, 0) is 38.8 Å². The molecule has 0 heterocycles. The zero-order valence-corrected chi connectivity index (χ0v) is 12.6. The van der Waals surface area contributed by atoms with E-state index in [0.29, 0.717) is 10.6 Å². The summed E-state index contributed by atoms with van der Waals surface area (Å²) in [6.07, 6.45) is 3.28. The smallest absolute Gasteiger partial charge is 0.150 e. The maximum absolute atomic E-state index is 11.3. The standard InChI is InChI=1S/C11H22BrNO2S/c1-3-16(14,15)6-4-5-13(2)9-10-7-11(12)8-10/h10-11H,3-9H2,1-2H3. The molecule has 1 saturated carbocycles. The fourth-order valence-electron chi connectivity index (χ4n) is 2.03. The van der Waals surface area contributed by atoms with Crippen molar-refractivity contribution in [2.24, 2.45) is 5.92 Å². The fraction of sp³-hybridized carbons (Fsp3) is 1.00. The summed E-state index contributed by atoms with van der Waals surface area (Å²) < 4.78 is 22.6. The SMILES string of the molecule is CCS(=O)(=O)CCCN(C)CC1CC(Br)C1. The fourth-order valence-corrected chi connectivity index (χ4v) is 3.95. The number of rotatable bonds is 7. The Balaban J connectivity index is 2.09. The van der Waals surface area contributed by atoms with Crippen LogP contribution in [0.5, 0.6) is 0 Å². The molecule has 0 amide bonds. The Morgan fingerprint density at radius 1 is 1.38 bits per heavy atom. The number of sulfone groups is 1. The summed E-state index contributed by atoms with van der Waals surface area (Å²) in [6.45, 7) is 3.71. The molecule has 3 nitrogen and oxygen atoms in total. The molecule has 1 fully saturated rings. The monoisotopic (exact) mass is 311 g/mol. The number of halogens is 1. The summed E-state index contributed by atoms with van der Waals surface area (Å²) in [5, 5.41) is 0. The Morgan fingerprint density at radius 3 is 2.50 bits per heavy atom. The van der Waals surface area contributed by atoms with Gasteiger partial charge in [-0.1, -0.05) is 22.9 Å². The van der Waals surface area contributed by atoms with Crippen LogP contribution in [0.15, 0.2) is 0 Å². The maximum atomic E-state index is 11.3. The highest BCUT2D eigenvalue weighted by Gasteiger charge is 2.27. The molecule has 0 N–H and O–H groups in total. The van der Waals surface area contributed by atoms with Crippen molar-refractivity contribution >= 4 is 25.8 Å². The van der Waals surface area contributed by atoms with Crippen LogP contribution in [0.2, 0.25) is 0 Å². The van der Waals surface area contributed by atoms with Crippen LogP contribution in [0.25, 0.3) is 0 Å². The Labute approximate surface area is 108 Å². The molecule has 0 aromatic carbocycles. The topological polar surface area (TPSA) is 37.4 Å². The number of nitrogens with zero attached hydrogens (tertiary/aromatic N) is 1. The number of hydrogen-bond donors (Lipinski definition) is 0. The second-order valence-corrected chi connectivity index (χ2v) is 8.55. The van der Waals surface area contributed by atoms with E-state index in [1.165, 1.54) is 12.8 Å². The van der Waals surface area contributed by atoms with E-state index in [1.807, 2.05) is 0 Å². The summed E-state index contributed by atoms with van der Waals surface area (Å²) in [5.41, 5.74) is 0. The largest absolute Gasteiger partial charge is 0.306 e. The highest BCUT2D eigenvalue weighted by molar-refractivity contribution is 9.09. The van der Waals surface area contributed by atoms with Crippen LogP contribution in [0.4, 0.5) is 0 Å². The summed E-state index contributed by atoms with van der Waals surface area (Å²) in [7, 11) is -0.695. The van der Waals surface area contributed by atoms with Crippen molar-refractivity contribution in [2.45, 2.75) is 31.0 Å². The van der Waals surface area contributed by atoms with Crippen molar-refractivity contribution in [2.75, 3.05) is 31.6 Å². The predicted molar refractivity (Wildman–Crippen MR) is 71.9 cm³/mol. The van der Waals surface area contributed by atoms with Gasteiger partial charge in [0.2, 0.25) is 0 Å². The van der Waals surface area contributed by atoms with Gasteiger partial charge in [-0.15, -0.1) is 0 Å². The predicted octanol–water partition coefficient (Wildman–Crippen LogP) is 1.92. The Hall–Kier alpha value is 0.390. The van der Waals surface area contributed by atoms with Crippen molar-refractivity contribution in [1.29, 1.82) is 0 Å². The molecule has 5 heteroatoms. The molecule has 0 atom stereocenters. The van der Waals surface area contributed by atoms with Crippen LogP contribution in [0, 0.1) is 5.92 Å². The maximum Gasteiger partial charge on any atom is 0.150 e. The third kappa shape index (κ3) is 5.15. The van der Waals surface area contributed by atoms with E-state index in [0.717, 1.165) is 25.4 Å². The third-order valence-corrected chi connectivity index (χ3v) is 5.72. The first kappa shape index (κ1) is 14.5. The molecule has 0 unspecified atom stereocenters. The van der Waals surface area contributed by atoms with Crippen molar-refractivity contribution in [1.82, 2.24) is 4.90 Å². The molecular formula is C11H22BrNO2S. The minimum atomic E-state index is -2.78. The summed E-state index contributed by atoms with van der Waals surface area (Å²) in [6, 6.07) is 0. The molecule has 16 heavy (non-hydrogen) atoms. The van der Waals surface area contributed by atoms with Crippen molar-refractivity contribution in [3.8, 4) is 0 Å². The van der Waals surface area contributed by atoms with Crippen LogP contribution < -0.4 is 0 Å². The summed E-state index contributed by atoms with van der Waals surface area (Å²) >= 11 is 3.58. The average molecular weight is 312 g/mol. The lowest BCUT2D eigenvalue weighted by Crippen LogP contribution is -2.35. The van der Waals surface area contributed by atoms with Crippen LogP contribution in [-0.2, 0) is 9.84 Å². The van der Waals surface area contributed by atoms with Gasteiger partial charge in [-0.25, -0.2) is 8.42 Å². The molecular weight excluding hydrogens is 290 g/mol. The van der Waals surface area contributed by atoms with Gasteiger partial charge in [-0.3, -0.25) is 0 Å². The van der Waals surface area contributed by atoms with E-state index < -0.39 is 9.84 Å². The van der Waals surface area contributed by atoms with Crippen LogP contribution in [-0.4, -0.2) is 49.8 Å². The lowest BCUT2D eigenvalue weighted by molar-refractivity contribution is 0.214. The molecule has 1 aliphatic carbocycles. The minimum Gasteiger partial charge on any atom is -0.306 e. The van der Waals surface area contributed by atoms with Gasteiger partial charge in [0.05, 0.1) is 5.75 Å².